The molecule has 1 aliphatic carbocycles. The molecule has 0 unspecified atom stereocenters. The molecular formula is C38H49F3N8O6. The van der Waals surface area contributed by atoms with E-state index in [9.17, 15) is 22.8 Å². The Kier molecular flexibility index (Phi) is 13.0. The van der Waals surface area contributed by atoms with Crippen LogP contribution >= 0.6 is 0 Å². The van der Waals surface area contributed by atoms with Gasteiger partial charge in [0.1, 0.15) is 11.5 Å². The summed E-state index contributed by atoms with van der Waals surface area (Å²) in [7, 11) is 0. The van der Waals surface area contributed by atoms with Crippen molar-refractivity contribution >= 4 is 29.6 Å². The van der Waals surface area contributed by atoms with Crippen LogP contribution in [-0.4, -0.2) is 108 Å². The second-order valence-electron chi connectivity index (χ2n) is 14.5. The Balaban J connectivity index is 1.25. The molecule has 2 aromatic carbocycles. The van der Waals surface area contributed by atoms with Crippen molar-refractivity contribution in [1.29, 1.82) is 0 Å². The standard InChI is InChI=1S/C38H49F3N8O6/c1-26(2)55-36(51)49-17-5-19-52-29-10-7-27(8-11-29)22-42-33-45-34(47-35(46-33)54-25-38(39,40)41)44-28-9-12-30(31(21-28)53-20-6-18-49)32(50)43-23-37(13-14-37)24-48-15-3-4-16-48/h7-12,21,26H,3-6,13-20,22-25H2,1-2H3,(H,43,50)(H2,42,44,45,46,47). The van der Waals surface area contributed by atoms with Crippen LogP contribution in [0.25, 0.3) is 0 Å². The molecule has 1 saturated heterocycles. The van der Waals surface area contributed by atoms with Gasteiger partial charge in [-0.25, -0.2) is 4.79 Å². The lowest BCUT2D eigenvalue weighted by Gasteiger charge is -2.24. The van der Waals surface area contributed by atoms with E-state index in [-0.39, 0.29) is 48.2 Å². The van der Waals surface area contributed by atoms with E-state index in [2.05, 4.69) is 35.8 Å². The molecule has 2 fully saturated rings. The number of nitrogens with zero attached hydrogens (tertiary/aromatic N) is 5. The number of likely N-dealkylation sites (tertiary alicyclic amines) is 1. The maximum atomic E-state index is 13.7. The van der Waals surface area contributed by atoms with Gasteiger partial charge >= 0.3 is 18.3 Å². The molecule has 3 aromatic rings. The van der Waals surface area contributed by atoms with Crippen molar-refractivity contribution in [3.63, 3.8) is 0 Å². The van der Waals surface area contributed by atoms with Gasteiger partial charge in [-0.3, -0.25) is 4.79 Å². The number of rotatable bonds is 8. The lowest BCUT2D eigenvalue weighted by atomic mass is 10.1. The fraction of sp³-hybridized carbons (Fsp3) is 0.553. The molecule has 1 saturated carbocycles. The summed E-state index contributed by atoms with van der Waals surface area (Å²) in [6.45, 7) is 7.16. The Morgan fingerprint density at radius 2 is 1.64 bits per heavy atom. The van der Waals surface area contributed by atoms with Crippen LogP contribution in [0.5, 0.6) is 17.5 Å². The quantitative estimate of drug-likeness (QED) is 0.240. The van der Waals surface area contributed by atoms with E-state index in [1.807, 2.05) is 12.1 Å². The highest BCUT2D eigenvalue weighted by Crippen LogP contribution is 2.46. The molecule has 4 aliphatic rings. The number of aromatic nitrogens is 3. The lowest BCUT2D eigenvalue weighted by molar-refractivity contribution is -0.154. The predicted octanol–water partition coefficient (Wildman–Crippen LogP) is 6.17. The van der Waals surface area contributed by atoms with Gasteiger partial charge in [0.15, 0.2) is 6.61 Å². The molecule has 1 aromatic heterocycles. The normalized spacial score (nSPS) is 17.7. The average molecular weight is 771 g/mol. The minimum Gasteiger partial charge on any atom is -0.494 e. The first-order valence-electron chi connectivity index (χ1n) is 18.8. The molecule has 55 heavy (non-hydrogen) atoms. The fourth-order valence-corrected chi connectivity index (χ4v) is 6.42. The molecule has 4 heterocycles. The first-order valence-corrected chi connectivity index (χ1v) is 18.8. The first kappa shape index (κ1) is 39.6. The summed E-state index contributed by atoms with van der Waals surface area (Å²) in [5.41, 5.74) is 1.60. The third kappa shape index (κ3) is 12.2. The van der Waals surface area contributed by atoms with Crippen molar-refractivity contribution in [2.24, 2.45) is 5.41 Å². The summed E-state index contributed by atoms with van der Waals surface area (Å²) in [6.07, 6.45) is 0.149. The molecule has 0 atom stereocenters. The van der Waals surface area contributed by atoms with Crippen LogP contribution in [0, 0.1) is 5.41 Å². The van der Waals surface area contributed by atoms with Crippen molar-refractivity contribution in [2.45, 2.75) is 71.2 Å². The zero-order valence-electron chi connectivity index (χ0n) is 31.3. The van der Waals surface area contributed by atoms with Crippen LogP contribution in [0.15, 0.2) is 42.5 Å². The molecule has 298 valence electrons. The topological polar surface area (TPSA) is 152 Å². The van der Waals surface area contributed by atoms with Crippen LogP contribution in [0.1, 0.15) is 68.3 Å². The highest BCUT2D eigenvalue weighted by molar-refractivity contribution is 5.97. The van der Waals surface area contributed by atoms with Gasteiger partial charge in [0.2, 0.25) is 11.9 Å². The van der Waals surface area contributed by atoms with Gasteiger partial charge in [-0.1, -0.05) is 12.1 Å². The van der Waals surface area contributed by atoms with Gasteiger partial charge in [-0.2, -0.15) is 28.1 Å². The largest absolute Gasteiger partial charge is 0.494 e. The Bertz CT molecular complexity index is 1750. The number of carbonyl (C=O) groups is 2. The second kappa shape index (κ2) is 18.0. The molecule has 3 aliphatic heterocycles. The van der Waals surface area contributed by atoms with E-state index >= 15 is 0 Å². The van der Waals surface area contributed by atoms with Gasteiger partial charge in [-0.15, -0.1) is 0 Å². The lowest BCUT2D eigenvalue weighted by Crippen LogP contribution is -2.37. The molecular weight excluding hydrogens is 721 g/mol. The summed E-state index contributed by atoms with van der Waals surface area (Å²) in [4.78, 5) is 43.2. The van der Waals surface area contributed by atoms with Crippen LogP contribution in [0.3, 0.4) is 0 Å². The highest BCUT2D eigenvalue weighted by atomic mass is 19.4. The van der Waals surface area contributed by atoms with Gasteiger partial charge in [-0.05, 0) is 95.3 Å². The fourth-order valence-electron chi connectivity index (χ4n) is 6.42. The Morgan fingerprint density at radius 3 is 2.33 bits per heavy atom. The highest BCUT2D eigenvalue weighted by Gasteiger charge is 2.44. The third-order valence-electron chi connectivity index (χ3n) is 9.44. The van der Waals surface area contributed by atoms with Crippen LogP contribution in [0.4, 0.5) is 35.5 Å². The van der Waals surface area contributed by atoms with Crippen molar-refractivity contribution in [3.8, 4) is 17.5 Å². The van der Waals surface area contributed by atoms with Crippen molar-refractivity contribution in [2.75, 3.05) is 69.7 Å². The van der Waals surface area contributed by atoms with Crippen LogP contribution in [-0.2, 0) is 11.3 Å². The number of hydrogen-bond acceptors (Lipinski definition) is 12. The number of benzene rings is 2. The number of carbonyl (C=O) groups excluding carboxylic acids is 2. The second-order valence-corrected chi connectivity index (χ2v) is 14.5. The molecule has 0 radical (unpaired) electrons. The molecule has 14 nitrogen and oxygen atoms in total. The molecule has 3 N–H and O–H groups in total. The van der Waals surface area contributed by atoms with E-state index in [1.165, 1.54) is 12.8 Å². The summed E-state index contributed by atoms with van der Waals surface area (Å²) in [5, 5.41) is 9.14. The van der Waals surface area contributed by atoms with Gasteiger partial charge in [0.25, 0.3) is 5.91 Å². The minimum absolute atomic E-state index is 0.0203. The van der Waals surface area contributed by atoms with Crippen molar-refractivity contribution < 1.29 is 41.7 Å². The number of nitrogens with one attached hydrogen (secondary N) is 3. The molecule has 0 spiro atoms. The first-order chi connectivity index (χ1) is 26.4. The predicted molar refractivity (Wildman–Crippen MR) is 198 cm³/mol. The molecule has 17 heteroatoms. The maximum absolute atomic E-state index is 13.7. The smallest absolute Gasteiger partial charge is 0.422 e. The van der Waals surface area contributed by atoms with E-state index < -0.39 is 24.9 Å². The zero-order chi connectivity index (χ0) is 38.8. The Hall–Kier alpha value is -5.06. The summed E-state index contributed by atoms with van der Waals surface area (Å²) < 4.78 is 61.7. The average Bonchev–Trinajstić information content (AvgIpc) is 3.72. The number of amides is 2. The summed E-state index contributed by atoms with van der Waals surface area (Å²) in [5.74, 6) is 0.487. The number of hydrogen-bond donors (Lipinski definition) is 3. The Labute approximate surface area is 318 Å². The number of ether oxygens (including phenoxy) is 4. The molecule has 6 bridgehead atoms. The van der Waals surface area contributed by atoms with E-state index in [4.69, 9.17) is 18.9 Å². The van der Waals surface area contributed by atoms with E-state index in [0.717, 1.165) is 38.0 Å². The third-order valence-corrected chi connectivity index (χ3v) is 9.44. The van der Waals surface area contributed by atoms with Crippen LogP contribution in [0.2, 0.25) is 0 Å². The van der Waals surface area contributed by atoms with Crippen LogP contribution < -0.4 is 30.2 Å². The molecule has 7 rings (SSSR count). The Morgan fingerprint density at radius 1 is 0.927 bits per heavy atom. The number of anilines is 3. The number of fused-ring (bicyclic) bond motifs is 11. The van der Waals surface area contributed by atoms with E-state index in [1.54, 1.807) is 49.1 Å². The van der Waals surface area contributed by atoms with Crippen molar-refractivity contribution in [1.82, 2.24) is 30.1 Å². The van der Waals surface area contributed by atoms with Gasteiger partial charge in [0, 0.05) is 49.9 Å². The van der Waals surface area contributed by atoms with Gasteiger partial charge < -0.3 is 44.7 Å². The monoisotopic (exact) mass is 770 g/mol. The SMILES string of the molecule is CC(C)OC(=O)N1CCCOc2ccc(cc2)CNc2nc(nc(OCC(F)(F)F)n2)Nc2ccc(C(=O)NCC3(CN4CCCC4)CC3)c(c2)OCCC1. The summed E-state index contributed by atoms with van der Waals surface area (Å²) >= 11 is 0. The minimum atomic E-state index is -4.61. The number of halogens is 3. The van der Waals surface area contributed by atoms with E-state index in [0.29, 0.717) is 56.1 Å². The summed E-state index contributed by atoms with van der Waals surface area (Å²) in [6, 6.07) is 11.6. The zero-order valence-corrected chi connectivity index (χ0v) is 31.3. The number of alkyl halides is 3. The van der Waals surface area contributed by atoms with Gasteiger partial charge in [0.05, 0.1) is 24.9 Å². The maximum Gasteiger partial charge on any atom is 0.422 e. The van der Waals surface area contributed by atoms with Crippen molar-refractivity contribution in [3.05, 3.63) is 53.6 Å². The molecule has 2 amide bonds.